The van der Waals surface area contributed by atoms with E-state index in [9.17, 15) is 4.79 Å². The number of aryl methyl sites for hydroxylation is 1. The molecule has 130 valence electrons. The first kappa shape index (κ1) is 20.0. The lowest BCUT2D eigenvalue weighted by Gasteiger charge is -2.17. The van der Waals surface area contributed by atoms with Gasteiger partial charge < -0.3 is 15.8 Å². The maximum atomic E-state index is 12.1. The molecule has 2 unspecified atom stereocenters. The number of hydrogen-bond acceptors (Lipinski definition) is 3. The summed E-state index contributed by atoms with van der Waals surface area (Å²) in [5, 5.41) is 2.93. The van der Waals surface area contributed by atoms with E-state index < -0.39 is 0 Å². The molecule has 5 heteroatoms. The van der Waals surface area contributed by atoms with Crippen LogP contribution in [0.5, 0.6) is 11.5 Å². The number of para-hydroxylation sites is 1. The molecule has 0 saturated carbocycles. The van der Waals surface area contributed by atoms with Crippen LogP contribution in [0.1, 0.15) is 25.0 Å². The quantitative estimate of drug-likeness (QED) is 0.834. The monoisotopic (exact) mass is 348 g/mol. The maximum Gasteiger partial charge on any atom is 0.224 e. The van der Waals surface area contributed by atoms with Crippen molar-refractivity contribution in [1.29, 1.82) is 0 Å². The summed E-state index contributed by atoms with van der Waals surface area (Å²) in [6, 6.07) is 15.4. The summed E-state index contributed by atoms with van der Waals surface area (Å²) < 4.78 is 5.95. The van der Waals surface area contributed by atoms with Crippen molar-refractivity contribution in [1.82, 2.24) is 5.32 Å². The number of nitrogens with two attached hydrogens (primary N) is 1. The second-order valence-electron chi connectivity index (χ2n) is 5.89. The zero-order valence-corrected chi connectivity index (χ0v) is 15.1. The van der Waals surface area contributed by atoms with E-state index in [0.717, 1.165) is 22.6 Å². The number of amides is 1. The molecule has 0 aliphatic heterocycles. The van der Waals surface area contributed by atoms with Gasteiger partial charge in [-0.05, 0) is 37.6 Å². The average Bonchev–Trinajstić information content (AvgIpc) is 2.54. The van der Waals surface area contributed by atoms with E-state index in [2.05, 4.69) is 5.32 Å². The Balaban J connectivity index is 0.00000288. The molecule has 0 fully saturated rings. The van der Waals surface area contributed by atoms with Crippen molar-refractivity contribution in [2.75, 3.05) is 0 Å². The van der Waals surface area contributed by atoms with E-state index in [0.29, 0.717) is 6.54 Å². The summed E-state index contributed by atoms with van der Waals surface area (Å²) in [6.07, 6.45) is 0. The number of ether oxygens (including phenoxy) is 1. The third-order valence-corrected chi connectivity index (χ3v) is 3.85. The molecule has 0 aliphatic carbocycles. The molecular weight excluding hydrogens is 324 g/mol. The van der Waals surface area contributed by atoms with Crippen LogP contribution in [0.15, 0.2) is 48.5 Å². The number of carbonyl (C=O) groups is 1. The Morgan fingerprint density at radius 1 is 1.17 bits per heavy atom. The van der Waals surface area contributed by atoms with Gasteiger partial charge in [-0.25, -0.2) is 0 Å². The molecule has 0 radical (unpaired) electrons. The maximum absolute atomic E-state index is 12.1. The summed E-state index contributed by atoms with van der Waals surface area (Å²) in [5.74, 6) is 1.25. The van der Waals surface area contributed by atoms with Crippen LogP contribution in [0.4, 0.5) is 0 Å². The van der Waals surface area contributed by atoms with Gasteiger partial charge in [0, 0.05) is 24.1 Å². The smallest absolute Gasteiger partial charge is 0.224 e. The lowest BCUT2D eigenvalue weighted by Crippen LogP contribution is -2.38. The van der Waals surface area contributed by atoms with Gasteiger partial charge in [0.15, 0.2) is 0 Å². The fourth-order valence-electron chi connectivity index (χ4n) is 2.10. The molecule has 0 spiro atoms. The van der Waals surface area contributed by atoms with Gasteiger partial charge in [-0.3, -0.25) is 4.79 Å². The Morgan fingerprint density at radius 2 is 1.83 bits per heavy atom. The molecule has 0 saturated heterocycles. The molecule has 2 aromatic carbocycles. The van der Waals surface area contributed by atoms with Gasteiger partial charge in [0.2, 0.25) is 5.91 Å². The van der Waals surface area contributed by atoms with Gasteiger partial charge in [0.1, 0.15) is 11.5 Å². The lowest BCUT2D eigenvalue weighted by atomic mass is 10.0. The first-order valence-corrected chi connectivity index (χ1v) is 7.83. The highest BCUT2D eigenvalue weighted by atomic mass is 35.5. The van der Waals surface area contributed by atoms with Crippen LogP contribution in [0, 0.1) is 12.8 Å². The van der Waals surface area contributed by atoms with Gasteiger partial charge in [-0.2, -0.15) is 0 Å². The third kappa shape index (κ3) is 5.55. The third-order valence-electron chi connectivity index (χ3n) is 3.85. The van der Waals surface area contributed by atoms with E-state index >= 15 is 0 Å². The summed E-state index contributed by atoms with van der Waals surface area (Å²) in [5.41, 5.74) is 7.81. The molecule has 1 amide bonds. The molecule has 0 aromatic heterocycles. The zero-order chi connectivity index (χ0) is 16.8. The average molecular weight is 349 g/mol. The van der Waals surface area contributed by atoms with Gasteiger partial charge in [-0.15, -0.1) is 12.4 Å². The van der Waals surface area contributed by atoms with Crippen LogP contribution in [-0.2, 0) is 11.3 Å². The van der Waals surface area contributed by atoms with Gasteiger partial charge in [-0.1, -0.05) is 37.3 Å². The van der Waals surface area contributed by atoms with Crippen molar-refractivity contribution in [3.8, 4) is 11.5 Å². The van der Waals surface area contributed by atoms with Crippen LogP contribution in [-0.4, -0.2) is 11.9 Å². The van der Waals surface area contributed by atoms with E-state index in [4.69, 9.17) is 10.5 Å². The predicted octanol–water partition coefficient (Wildman–Crippen LogP) is 3.81. The number of carbonyl (C=O) groups excluding carboxylic acids is 1. The minimum atomic E-state index is -0.223. The van der Waals surface area contributed by atoms with Crippen LogP contribution in [0.2, 0.25) is 0 Å². The Bertz CT molecular complexity index is 660. The molecule has 4 nitrogen and oxygen atoms in total. The van der Waals surface area contributed by atoms with Gasteiger partial charge in [0.05, 0.1) is 0 Å². The Morgan fingerprint density at radius 3 is 2.46 bits per heavy atom. The van der Waals surface area contributed by atoms with Crippen molar-refractivity contribution in [2.24, 2.45) is 11.7 Å². The highest BCUT2D eigenvalue weighted by Crippen LogP contribution is 2.26. The molecule has 2 rings (SSSR count). The highest BCUT2D eigenvalue weighted by Gasteiger charge is 2.17. The van der Waals surface area contributed by atoms with Gasteiger partial charge >= 0.3 is 0 Å². The second kappa shape index (κ2) is 9.30. The molecule has 2 aromatic rings. The molecule has 2 atom stereocenters. The van der Waals surface area contributed by atoms with Crippen molar-refractivity contribution in [3.63, 3.8) is 0 Å². The summed E-state index contributed by atoms with van der Waals surface area (Å²) >= 11 is 0. The standard InChI is InChI=1S/C19H24N2O2.ClH/c1-13-9-10-16(12-21-19(22)14(2)15(3)20)18(11-13)23-17-7-5-4-6-8-17;/h4-11,14-15H,12,20H2,1-3H3,(H,21,22);1H. The number of hydrogen-bond donors (Lipinski definition) is 2. The topological polar surface area (TPSA) is 64.4 Å². The SMILES string of the molecule is Cc1ccc(CNC(=O)C(C)C(C)N)c(Oc2ccccc2)c1.Cl. The number of benzene rings is 2. The van der Waals surface area contributed by atoms with Gasteiger partial charge in [0.25, 0.3) is 0 Å². The predicted molar refractivity (Wildman–Crippen MR) is 99.6 cm³/mol. The highest BCUT2D eigenvalue weighted by molar-refractivity contribution is 5.85. The first-order valence-electron chi connectivity index (χ1n) is 7.83. The largest absolute Gasteiger partial charge is 0.457 e. The van der Waals surface area contributed by atoms with Crippen molar-refractivity contribution in [2.45, 2.75) is 33.4 Å². The first-order chi connectivity index (χ1) is 11.0. The molecular formula is C19H25ClN2O2. The summed E-state index contributed by atoms with van der Waals surface area (Å²) in [4.78, 5) is 12.1. The number of rotatable bonds is 6. The fraction of sp³-hybridized carbons (Fsp3) is 0.316. The Kier molecular flexibility index (Phi) is 7.75. The lowest BCUT2D eigenvalue weighted by molar-refractivity contribution is -0.125. The summed E-state index contributed by atoms with van der Waals surface area (Å²) in [7, 11) is 0. The molecule has 0 heterocycles. The molecule has 24 heavy (non-hydrogen) atoms. The Labute approximate surface area is 149 Å². The van der Waals surface area contributed by atoms with Crippen molar-refractivity contribution >= 4 is 18.3 Å². The minimum Gasteiger partial charge on any atom is -0.457 e. The van der Waals surface area contributed by atoms with Crippen molar-refractivity contribution in [3.05, 3.63) is 59.7 Å². The van der Waals surface area contributed by atoms with Crippen LogP contribution in [0.3, 0.4) is 0 Å². The number of halogens is 1. The molecule has 0 aliphatic rings. The minimum absolute atomic E-state index is 0. The van der Waals surface area contributed by atoms with E-state index in [1.807, 2.05) is 69.3 Å². The van der Waals surface area contributed by atoms with E-state index in [1.54, 1.807) is 0 Å². The van der Waals surface area contributed by atoms with Crippen LogP contribution >= 0.6 is 12.4 Å². The molecule has 3 N–H and O–H groups in total. The van der Waals surface area contributed by atoms with Crippen LogP contribution < -0.4 is 15.8 Å². The normalized spacial score (nSPS) is 12.7. The number of nitrogens with one attached hydrogen (secondary N) is 1. The second-order valence-corrected chi connectivity index (χ2v) is 5.89. The summed E-state index contributed by atoms with van der Waals surface area (Å²) in [6.45, 7) is 6.09. The van der Waals surface area contributed by atoms with Crippen molar-refractivity contribution < 1.29 is 9.53 Å². The Hall–Kier alpha value is -2.04. The zero-order valence-electron chi connectivity index (χ0n) is 14.3. The van der Waals surface area contributed by atoms with E-state index in [1.165, 1.54) is 0 Å². The van der Waals surface area contributed by atoms with Crippen LogP contribution in [0.25, 0.3) is 0 Å². The van der Waals surface area contributed by atoms with E-state index in [-0.39, 0.29) is 30.3 Å². The molecule has 0 bridgehead atoms. The fourth-order valence-corrected chi connectivity index (χ4v) is 2.10.